The van der Waals surface area contributed by atoms with E-state index < -0.39 is 18.0 Å². The zero-order chi connectivity index (χ0) is 11.7. The summed E-state index contributed by atoms with van der Waals surface area (Å²) >= 11 is 0. The number of nitrogens with zero attached hydrogens (tertiary/aromatic N) is 1. The lowest BCUT2D eigenvalue weighted by molar-refractivity contribution is -0.142. The standard InChI is InChI=1S/C11H15NO4/c1-2-5-16-11(15)12-7-3-4-9(12)8(6-7)10(13)14/h2,7-9H,1,3-6H2,(H,13,14)/t7-,8-,9+/m1/s1. The first-order valence-corrected chi connectivity index (χ1v) is 5.44. The molecule has 2 rings (SSSR count). The molecule has 0 unspecified atom stereocenters. The van der Waals surface area contributed by atoms with Gasteiger partial charge in [-0.2, -0.15) is 0 Å². The second-order valence-corrected chi connectivity index (χ2v) is 4.25. The van der Waals surface area contributed by atoms with Gasteiger partial charge in [-0.15, -0.1) is 0 Å². The van der Waals surface area contributed by atoms with Crippen LogP contribution in [0.25, 0.3) is 0 Å². The van der Waals surface area contributed by atoms with Crippen LogP contribution in [0, 0.1) is 5.92 Å². The van der Waals surface area contributed by atoms with E-state index in [0.717, 1.165) is 12.8 Å². The fraction of sp³-hybridized carbons (Fsp3) is 0.636. The van der Waals surface area contributed by atoms with Crippen molar-refractivity contribution < 1.29 is 19.4 Å². The topological polar surface area (TPSA) is 66.8 Å². The summed E-state index contributed by atoms with van der Waals surface area (Å²) in [6.45, 7) is 3.64. The highest BCUT2D eigenvalue weighted by atomic mass is 16.6. The Morgan fingerprint density at radius 1 is 1.50 bits per heavy atom. The molecule has 5 nitrogen and oxygen atoms in total. The number of fused-ring (bicyclic) bond motifs is 2. The molecule has 1 amide bonds. The number of carbonyl (C=O) groups is 2. The summed E-state index contributed by atoms with van der Waals surface area (Å²) in [5.41, 5.74) is 0. The molecule has 0 saturated carbocycles. The van der Waals surface area contributed by atoms with E-state index in [4.69, 9.17) is 9.84 Å². The van der Waals surface area contributed by atoms with Gasteiger partial charge in [-0.1, -0.05) is 12.7 Å². The normalized spacial score (nSPS) is 31.5. The largest absolute Gasteiger partial charge is 0.481 e. The molecule has 16 heavy (non-hydrogen) atoms. The summed E-state index contributed by atoms with van der Waals surface area (Å²) in [7, 11) is 0. The predicted octanol–water partition coefficient (Wildman–Crippen LogP) is 1.25. The Bertz CT molecular complexity index is 328. The molecule has 0 aromatic carbocycles. The molecular weight excluding hydrogens is 210 g/mol. The number of aliphatic carboxylic acids is 1. The van der Waals surface area contributed by atoms with Crippen LogP contribution in [-0.4, -0.2) is 40.8 Å². The summed E-state index contributed by atoms with van der Waals surface area (Å²) in [6.07, 6.45) is 3.31. The molecule has 2 aliphatic rings. The molecule has 0 aliphatic carbocycles. The van der Waals surface area contributed by atoms with E-state index in [9.17, 15) is 9.59 Å². The number of ether oxygens (including phenoxy) is 1. The van der Waals surface area contributed by atoms with Crippen LogP contribution >= 0.6 is 0 Å². The fourth-order valence-electron chi connectivity index (χ4n) is 2.74. The van der Waals surface area contributed by atoms with Gasteiger partial charge in [0.05, 0.1) is 5.92 Å². The molecular formula is C11H15NO4. The molecule has 88 valence electrons. The smallest absolute Gasteiger partial charge is 0.410 e. The van der Waals surface area contributed by atoms with E-state index in [1.165, 1.54) is 6.08 Å². The van der Waals surface area contributed by atoms with Crippen molar-refractivity contribution in [1.29, 1.82) is 0 Å². The zero-order valence-electron chi connectivity index (χ0n) is 8.96. The van der Waals surface area contributed by atoms with Crippen LogP contribution in [0.2, 0.25) is 0 Å². The average molecular weight is 225 g/mol. The van der Waals surface area contributed by atoms with Gasteiger partial charge in [-0.3, -0.25) is 4.79 Å². The third kappa shape index (κ3) is 1.66. The van der Waals surface area contributed by atoms with E-state index in [1.807, 2.05) is 0 Å². The lowest BCUT2D eigenvalue weighted by Crippen LogP contribution is -2.38. The van der Waals surface area contributed by atoms with Crippen molar-refractivity contribution >= 4 is 12.1 Å². The highest BCUT2D eigenvalue weighted by molar-refractivity contribution is 5.76. The van der Waals surface area contributed by atoms with Gasteiger partial charge in [0.1, 0.15) is 6.61 Å². The molecule has 2 heterocycles. The Balaban J connectivity index is 2.04. The maximum atomic E-state index is 11.7. The van der Waals surface area contributed by atoms with Gasteiger partial charge in [0.15, 0.2) is 0 Å². The van der Waals surface area contributed by atoms with Gasteiger partial charge < -0.3 is 14.7 Å². The van der Waals surface area contributed by atoms with E-state index >= 15 is 0 Å². The zero-order valence-corrected chi connectivity index (χ0v) is 8.96. The van der Waals surface area contributed by atoms with Gasteiger partial charge in [-0.05, 0) is 19.3 Å². The van der Waals surface area contributed by atoms with Crippen molar-refractivity contribution in [3.63, 3.8) is 0 Å². The van der Waals surface area contributed by atoms with Crippen LogP contribution in [-0.2, 0) is 9.53 Å². The second-order valence-electron chi connectivity index (χ2n) is 4.25. The minimum atomic E-state index is -0.811. The molecule has 2 bridgehead atoms. The van der Waals surface area contributed by atoms with Crippen LogP contribution in [0.4, 0.5) is 4.79 Å². The quantitative estimate of drug-likeness (QED) is 0.734. The Morgan fingerprint density at radius 2 is 2.25 bits per heavy atom. The van der Waals surface area contributed by atoms with Crippen LogP contribution < -0.4 is 0 Å². The van der Waals surface area contributed by atoms with Crippen LogP contribution in [0.1, 0.15) is 19.3 Å². The van der Waals surface area contributed by atoms with Crippen molar-refractivity contribution in [3.05, 3.63) is 12.7 Å². The molecule has 2 saturated heterocycles. The summed E-state index contributed by atoms with van der Waals surface area (Å²) in [5.74, 6) is -1.23. The summed E-state index contributed by atoms with van der Waals surface area (Å²) in [6, 6.07) is -0.136. The Morgan fingerprint density at radius 3 is 2.81 bits per heavy atom. The minimum Gasteiger partial charge on any atom is -0.481 e. The van der Waals surface area contributed by atoms with Crippen molar-refractivity contribution in [3.8, 4) is 0 Å². The number of carbonyl (C=O) groups excluding carboxylic acids is 1. The molecule has 0 spiro atoms. The average Bonchev–Trinajstić information content (AvgIpc) is 2.82. The van der Waals surface area contributed by atoms with Crippen molar-refractivity contribution in [1.82, 2.24) is 4.90 Å². The van der Waals surface area contributed by atoms with Gasteiger partial charge >= 0.3 is 12.1 Å². The Kier molecular flexibility index (Phi) is 2.85. The first-order valence-electron chi connectivity index (χ1n) is 5.44. The number of hydrogen-bond donors (Lipinski definition) is 1. The van der Waals surface area contributed by atoms with Gasteiger partial charge in [0.25, 0.3) is 0 Å². The van der Waals surface area contributed by atoms with Crippen LogP contribution in [0.5, 0.6) is 0 Å². The van der Waals surface area contributed by atoms with Crippen molar-refractivity contribution in [2.24, 2.45) is 5.92 Å². The first kappa shape index (κ1) is 11.0. The van der Waals surface area contributed by atoms with Crippen molar-refractivity contribution in [2.75, 3.05) is 6.61 Å². The van der Waals surface area contributed by atoms with Crippen LogP contribution in [0.15, 0.2) is 12.7 Å². The van der Waals surface area contributed by atoms with E-state index in [2.05, 4.69) is 6.58 Å². The number of carboxylic acids is 1. The maximum absolute atomic E-state index is 11.7. The Labute approximate surface area is 93.7 Å². The lowest BCUT2D eigenvalue weighted by Gasteiger charge is -2.21. The van der Waals surface area contributed by atoms with Gasteiger partial charge in [-0.25, -0.2) is 4.79 Å². The molecule has 3 atom stereocenters. The van der Waals surface area contributed by atoms with Gasteiger partial charge in [0.2, 0.25) is 0 Å². The van der Waals surface area contributed by atoms with Gasteiger partial charge in [0, 0.05) is 12.1 Å². The monoisotopic (exact) mass is 225 g/mol. The lowest BCUT2D eigenvalue weighted by atomic mass is 9.89. The molecule has 2 fully saturated rings. The molecule has 1 N–H and O–H groups in total. The predicted molar refractivity (Wildman–Crippen MR) is 55.9 cm³/mol. The highest BCUT2D eigenvalue weighted by Gasteiger charge is 2.51. The fourth-order valence-corrected chi connectivity index (χ4v) is 2.74. The van der Waals surface area contributed by atoms with E-state index in [-0.39, 0.29) is 18.7 Å². The molecule has 0 radical (unpaired) electrons. The van der Waals surface area contributed by atoms with Crippen molar-refractivity contribution in [2.45, 2.75) is 31.3 Å². The third-order valence-corrected chi connectivity index (χ3v) is 3.39. The number of carboxylic acid groups (broad SMARTS) is 1. The minimum absolute atomic E-state index is 0.0448. The number of hydrogen-bond acceptors (Lipinski definition) is 3. The summed E-state index contributed by atoms with van der Waals surface area (Å²) in [4.78, 5) is 24.3. The first-order chi connectivity index (χ1) is 7.65. The van der Waals surface area contributed by atoms with Crippen LogP contribution in [0.3, 0.4) is 0 Å². The highest BCUT2D eigenvalue weighted by Crippen LogP contribution is 2.42. The van der Waals surface area contributed by atoms with E-state index in [0.29, 0.717) is 6.42 Å². The maximum Gasteiger partial charge on any atom is 0.410 e. The van der Waals surface area contributed by atoms with E-state index in [1.54, 1.807) is 4.90 Å². The third-order valence-electron chi connectivity index (χ3n) is 3.39. The molecule has 5 heteroatoms. The molecule has 0 aromatic rings. The number of amides is 1. The Hall–Kier alpha value is -1.52. The summed E-state index contributed by atoms with van der Waals surface area (Å²) in [5, 5.41) is 9.02. The summed E-state index contributed by atoms with van der Waals surface area (Å²) < 4.78 is 4.96. The molecule has 0 aromatic heterocycles. The number of rotatable bonds is 3. The molecule has 2 aliphatic heterocycles. The SMILES string of the molecule is C=CCOC(=O)N1[C@@H]2CC[C@H]1[C@H](C(=O)O)C2. The second kappa shape index (κ2) is 4.15.